The van der Waals surface area contributed by atoms with E-state index >= 15 is 0 Å². The van der Waals surface area contributed by atoms with Crippen molar-refractivity contribution >= 4 is 17.8 Å². The van der Waals surface area contributed by atoms with Crippen LogP contribution < -0.4 is 16.4 Å². The molecule has 1 heterocycles. The topological polar surface area (TPSA) is 133 Å². The number of nitrogens with one attached hydrogen (secondary N) is 2. The molecule has 198 valence electrons. The van der Waals surface area contributed by atoms with Gasteiger partial charge in [0.2, 0.25) is 11.7 Å². The Kier molecular flexibility index (Phi) is 11.4. The molecular formula is C26H38N4O6. The fourth-order valence-electron chi connectivity index (χ4n) is 3.58. The summed E-state index contributed by atoms with van der Waals surface area (Å²) >= 11 is 0. The van der Waals surface area contributed by atoms with Gasteiger partial charge in [-0.1, -0.05) is 77.8 Å². The van der Waals surface area contributed by atoms with E-state index in [0.717, 1.165) is 16.7 Å². The third-order valence-corrected chi connectivity index (χ3v) is 5.36. The minimum atomic E-state index is -0.945. The molecule has 0 radical (unpaired) electrons. The molecule has 36 heavy (non-hydrogen) atoms. The zero-order chi connectivity index (χ0) is 26.7. The summed E-state index contributed by atoms with van der Waals surface area (Å²) in [6, 6.07) is 7.35. The van der Waals surface area contributed by atoms with E-state index in [2.05, 4.69) is 15.7 Å². The minimum absolute atomic E-state index is 0.0678. The van der Waals surface area contributed by atoms with Crippen LogP contribution in [0.3, 0.4) is 0 Å². The second-order valence-corrected chi connectivity index (χ2v) is 9.70. The third kappa shape index (κ3) is 9.31. The molecule has 1 aromatic heterocycles. The summed E-state index contributed by atoms with van der Waals surface area (Å²) in [4.78, 5) is 50.8. The molecule has 0 spiro atoms. The summed E-state index contributed by atoms with van der Waals surface area (Å²) in [5.74, 6) is -1.92. The quantitative estimate of drug-likeness (QED) is 0.376. The van der Waals surface area contributed by atoms with Crippen molar-refractivity contribution in [3.8, 4) is 0 Å². The van der Waals surface area contributed by atoms with Crippen LogP contribution in [0.5, 0.6) is 0 Å². The maximum atomic E-state index is 13.2. The van der Waals surface area contributed by atoms with Crippen molar-refractivity contribution in [3.05, 3.63) is 52.3 Å². The van der Waals surface area contributed by atoms with Crippen LogP contribution >= 0.6 is 0 Å². The fourth-order valence-corrected chi connectivity index (χ4v) is 3.58. The van der Waals surface area contributed by atoms with Crippen molar-refractivity contribution in [1.82, 2.24) is 20.4 Å². The molecule has 0 aliphatic rings. The number of rotatable bonds is 14. The zero-order valence-corrected chi connectivity index (χ0v) is 21.8. The van der Waals surface area contributed by atoms with Crippen molar-refractivity contribution in [2.45, 2.75) is 85.5 Å². The van der Waals surface area contributed by atoms with E-state index in [-0.39, 0.29) is 24.3 Å². The van der Waals surface area contributed by atoms with Gasteiger partial charge in [-0.05, 0) is 30.2 Å². The maximum Gasteiger partial charge on any atom is 0.437 e. The number of hydrogen-bond donors (Lipinski definition) is 2. The van der Waals surface area contributed by atoms with E-state index in [1.165, 1.54) is 0 Å². The van der Waals surface area contributed by atoms with Crippen LogP contribution in [0.15, 0.2) is 39.5 Å². The van der Waals surface area contributed by atoms with Gasteiger partial charge in [0, 0.05) is 0 Å². The van der Waals surface area contributed by atoms with E-state index in [0.29, 0.717) is 25.8 Å². The molecule has 2 atom stereocenters. The number of ether oxygens (including phenoxy) is 1. The summed E-state index contributed by atoms with van der Waals surface area (Å²) in [7, 11) is 0. The summed E-state index contributed by atoms with van der Waals surface area (Å²) in [5.41, 5.74) is 0.820. The van der Waals surface area contributed by atoms with Crippen LogP contribution in [0, 0.1) is 11.8 Å². The largest absolute Gasteiger partial charge is 0.445 e. The second kappa shape index (κ2) is 14.2. The van der Waals surface area contributed by atoms with Gasteiger partial charge in [-0.2, -0.15) is 4.68 Å². The average molecular weight is 503 g/mol. The Bertz CT molecular complexity index is 1040. The van der Waals surface area contributed by atoms with Gasteiger partial charge < -0.3 is 19.8 Å². The number of amides is 2. The number of hydrogen-bond acceptors (Lipinski definition) is 7. The molecule has 10 heteroatoms. The number of aromatic nitrogens is 2. The Hall–Kier alpha value is -3.43. The summed E-state index contributed by atoms with van der Waals surface area (Å²) in [6.07, 6.45) is 1.42. The van der Waals surface area contributed by atoms with Crippen LogP contribution in [0.2, 0.25) is 0 Å². The summed E-state index contributed by atoms with van der Waals surface area (Å²) < 4.78 is 11.5. The molecule has 0 aliphatic heterocycles. The molecule has 0 saturated heterocycles. The molecule has 2 unspecified atom stereocenters. The molecule has 2 rings (SSSR count). The summed E-state index contributed by atoms with van der Waals surface area (Å²) in [6.45, 7) is 10.0. The Morgan fingerprint density at radius 3 is 2.33 bits per heavy atom. The molecule has 2 amide bonds. The lowest BCUT2D eigenvalue weighted by atomic mass is 10.0. The highest BCUT2D eigenvalue weighted by Crippen LogP contribution is 2.11. The highest BCUT2D eigenvalue weighted by molar-refractivity contribution is 5.99. The molecule has 1 aromatic carbocycles. The minimum Gasteiger partial charge on any atom is -0.445 e. The van der Waals surface area contributed by atoms with Crippen LogP contribution in [-0.2, 0) is 22.7 Å². The van der Waals surface area contributed by atoms with Gasteiger partial charge in [0.25, 0.3) is 5.89 Å². The number of unbranched alkanes of at least 4 members (excludes halogenated alkanes) is 1. The van der Waals surface area contributed by atoms with E-state index in [1.54, 1.807) is 0 Å². The molecule has 0 aliphatic carbocycles. The van der Waals surface area contributed by atoms with Gasteiger partial charge in [0.05, 0.1) is 12.6 Å². The van der Waals surface area contributed by atoms with Crippen molar-refractivity contribution in [3.63, 3.8) is 0 Å². The maximum absolute atomic E-state index is 13.2. The van der Waals surface area contributed by atoms with Gasteiger partial charge in [0.1, 0.15) is 12.6 Å². The number of carbonyl (C=O) groups excluding carboxylic acids is 3. The Labute approximate surface area is 211 Å². The summed E-state index contributed by atoms with van der Waals surface area (Å²) in [5, 5.41) is 9.38. The molecular weight excluding hydrogens is 464 g/mol. The van der Waals surface area contributed by atoms with E-state index in [4.69, 9.17) is 9.15 Å². The van der Waals surface area contributed by atoms with Crippen LogP contribution in [0.1, 0.15) is 76.6 Å². The number of Topliss-reactive ketones (excluding diaryl/α,β-unsaturated/α-hetero) is 1. The number of alkyl carbamates (subject to hydrolysis) is 1. The molecule has 0 saturated carbocycles. The zero-order valence-electron chi connectivity index (χ0n) is 21.8. The smallest absolute Gasteiger partial charge is 0.437 e. The Morgan fingerprint density at radius 1 is 1.03 bits per heavy atom. The molecule has 0 bridgehead atoms. The predicted octanol–water partition coefficient (Wildman–Crippen LogP) is 3.69. The fraction of sp³-hybridized carbons (Fsp3) is 0.577. The first-order valence-electron chi connectivity index (χ1n) is 12.5. The predicted molar refractivity (Wildman–Crippen MR) is 134 cm³/mol. The Morgan fingerprint density at radius 2 is 1.72 bits per heavy atom. The first kappa shape index (κ1) is 28.8. The number of ketones is 1. The SMILES string of the molecule is CCCCC(NC(=O)C(CC(C)C)NC(=O)OCc1ccccc1)C(=O)c1nn(CC(C)C)c(=O)o1. The van der Waals surface area contributed by atoms with E-state index in [9.17, 15) is 19.2 Å². The van der Waals surface area contributed by atoms with Gasteiger partial charge in [-0.25, -0.2) is 9.59 Å². The highest BCUT2D eigenvalue weighted by atomic mass is 16.5. The van der Waals surface area contributed by atoms with Crippen molar-refractivity contribution < 1.29 is 23.5 Å². The number of carbonyl (C=O) groups is 3. The molecule has 0 fully saturated rings. The molecule has 2 N–H and O–H groups in total. The van der Waals surface area contributed by atoms with Crippen molar-refractivity contribution in [2.75, 3.05) is 0 Å². The van der Waals surface area contributed by atoms with E-state index < -0.39 is 35.6 Å². The van der Waals surface area contributed by atoms with Crippen molar-refractivity contribution in [1.29, 1.82) is 0 Å². The first-order valence-corrected chi connectivity index (χ1v) is 12.5. The van der Waals surface area contributed by atoms with E-state index in [1.807, 2.05) is 65.0 Å². The number of benzene rings is 1. The normalized spacial score (nSPS) is 12.9. The monoisotopic (exact) mass is 502 g/mol. The molecule has 10 nitrogen and oxygen atoms in total. The number of nitrogens with zero attached hydrogens (tertiary/aromatic N) is 2. The van der Waals surface area contributed by atoms with Gasteiger partial charge in [-0.3, -0.25) is 9.59 Å². The second-order valence-electron chi connectivity index (χ2n) is 9.70. The van der Waals surface area contributed by atoms with Crippen molar-refractivity contribution in [2.24, 2.45) is 11.8 Å². The lowest BCUT2D eigenvalue weighted by Crippen LogP contribution is -2.52. The first-order chi connectivity index (χ1) is 17.1. The standard InChI is InChI=1S/C26H38N4O6/c1-6-7-13-20(22(31)24-29-30(15-18(4)5)26(34)36-24)27-23(32)21(14-17(2)3)28-25(33)35-16-19-11-9-8-10-12-19/h8-12,17-18,20-21H,6-7,13-16H2,1-5H3,(H,27,32)(H,28,33). The van der Waals surface area contributed by atoms with Gasteiger partial charge in [0.15, 0.2) is 0 Å². The van der Waals surface area contributed by atoms with Gasteiger partial charge in [-0.15, -0.1) is 5.10 Å². The Balaban J connectivity index is 2.11. The lowest BCUT2D eigenvalue weighted by Gasteiger charge is -2.23. The van der Waals surface area contributed by atoms with Crippen LogP contribution in [0.4, 0.5) is 4.79 Å². The van der Waals surface area contributed by atoms with Gasteiger partial charge >= 0.3 is 11.8 Å². The van der Waals surface area contributed by atoms with Crippen LogP contribution in [-0.4, -0.2) is 39.6 Å². The average Bonchev–Trinajstić information content (AvgIpc) is 3.19. The highest BCUT2D eigenvalue weighted by Gasteiger charge is 2.31. The lowest BCUT2D eigenvalue weighted by molar-refractivity contribution is -0.124. The molecule has 2 aromatic rings. The third-order valence-electron chi connectivity index (χ3n) is 5.36. The van der Waals surface area contributed by atoms with Crippen LogP contribution in [0.25, 0.3) is 0 Å².